The molecule has 1 heterocycles. The number of nitrogens with zero attached hydrogens (tertiary/aromatic N) is 1. The second-order valence-electron chi connectivity index (χ2n) is 6.21. The highest BCUT2D eigenvalue weighted by molar-refractivity contribution is 5.65. The number of ether oxygens (including phenoxy) is 2. The van der Waals surface area contributed by atoms with Gasteiger partial charge in [-0.2, -0.15) is 0 Å². The molecule has 0 spiro atoms. The predicted octanol–water partition coefficient (Wildman–Crippen LogP) is 3.20. The summed E-state index contributed by atoms with van der Waals surface area (Å²) in [5.41, 5.74) is 3.97. The maximum absolute atomic E-state index is 11.8. The topological polar surface area (TPSA) is 73.6 Å². The molecule has 2 aromatic carbocycles. The molecule has 1 atom stereocenters. The summed E-state index contributed by atoms with van der Waals surface area (Å²) in [6.45, 7) is 3.46. The van der Waals surface area contributed by atoms with Gasteiger partial charge in [0.05, 0.1) is 19.1 Å². The standard InChI is InChI=1S/C19H22N2O4/c1-12-5-4-6-13(9-12)16-11-20-8-7-14-15(16)10-17(24-2)19(25-3)18(14)21(22)23/h4-6,9-10,16,20H,7-8,11H2,1-3H3/t16-/m0/s1. The molecule has 1 aliphatic rings. The summed E-state index contributed by atoms with van der Waals surface area (Å²) < 4.78 is 10.7. The summed E-state index contributed by atoms with van der Waals surface area (Å²) >= 11 is 0. The highest BCUT2D eigenvalue weighted by Crippen LogP contribution is 2.45. The Morgan fingerprint density at radius 3 is 2.68 bits per heavy atom. The Morgan fingerprint density at radius 1 is 1.24 bits per heavy atom. The predicted molar refractivity (Wildman–Crippen MR) is 95.8 cm³/mol. The average Bonchev–Trinajstić information content (AvgIpc) is 2.81. The lowest BCUT2D eigenvalue weighted by Gasteiger charge is -2.21. The monoisotopic (exact) mass is 342 g/mol. The fourth-order valence-electron chi connectivity index (χ4n) is 3.55. The van der Waals surface area contributed by atoms with Crippen LogP contribution in [0.1, 0.15) is 28.2 Å². The Kier molecular flexibility index (Phi) is 4.90. The molecule has 0 saturated carbocycles. The maximum Gasteiger partial charge on any atom is 0.318 e. The first-order chi connectivity index (χ1) is 12.1. The molecule has 0 amide bonds. The second kappa shape index (κ2) is 7.11. The molecule has 0 aromatic heterocycles. The van der Waals surface area contributed by atoms with Crippen LogP contribution in [0.3, 0.4) is 0 Å². The quantitative estimate of drug-likeness (QED) is 0.682. The normalized spacial score (nSPS) is 16.7. The van der Waals surface area contributed by atoms with E-state index in [2.05, 4.69) is 17.4 Å². The zero-order valence-corrected chi connectivity index (χ0v) is 14.7. The van der Waals surface area contributed by atoms with E-state index in [9.17, 15) is 10.1 Å². The zero-order valence-electron chi connectivity index (χ0n) is 14.7. The molecule has 0 unspecified atom stereocenters. The van der Waals surface area contributed by atoms with E-state index in [-0.39, 0.29) is 22.3 Å². The first-order valence-corrected chi connectivity index (χ1v) is 8.26. The van der Waals surface area contributed by atoms with Crippen LogP contribution in [-0.2, 0) is 6.42 Å². The highest BCUT2D eigenvalue weighted by Gasteiger charge is 2.32. The Labute approximate surface area is 146 Å². The zero-order chi connectivity index (χ0) is 18.0. The molecule has 0 bridgehead atoms. The summed E-state index contributed by atoms with van der Waals surface area (Å²) in [5, 5.41) is 15.2. The Bertz CT molecular complexity index is 804. The van der Waals surface area contributed by atoms with E-state index in [4.69, 9.17) is 9.47 Å². The average molecular weight is 342 g/mol. The lowest BCUT2D eigenvalue weighted by Crippen LogP contribution is -2.20. The number of nitro benzene ring substituents is 1. The van der Waals surface area contributed by atoms with E-state index >= 15 is 0 Å². The summed E-state index contributed by atoms with van der Waals surface area (Å²) in [7, 11) is 2.94. The van der Waals surface area contributed by atoms with Gasteiger partial charge < -0.3 is 14.8 Å². The van der Waals surface area contributed by atoms with Gasteiger partial charge in [0.15, 0.2) is 5.75 Å². The van der Waals surface area contributed by atoms with Crippen molar-refractivity contribution in [3.05, 3.63) is 62.7 Å². The first-order valence-electron chi connectivity index (χ1n) is 8.26. The van der Waals surface area contributed by atoms with Gasteiger partial charge in [-0.1, -0.05) is 29.8 Å². The molecule has 3 rings (SSSR count). The largest absolute Gasteiger partial charge is 0.493 e. The van der Waals surface area contributed by atoms with E-state index in [1.165, 1.54) is 19.8 Å². The molecule has 0 radical (unpaired) electrons. The molecule has 25 heavy (non-hydrogen) atoms. The molecule has 2 aromatic rings. The van der Waals surface area contributed by atoms with Crippen LogP contribution in [0, 0.1) is 17.0 Å². The van der Waals surface area contributed by atoms with Crippen LogP contribution < -0.4 is 14.8 Å². The van der Waals surface area contributed by atoms with Crippen LogP contribution in [0.4, 0.5) is 5.69 Å². The van der Waals surface area contributed by atoms with E-state index in [0.717, 1.165) is 23.2 Å². The number of fused-ring (bicyclic) bond motifs is 1. The van der Waals surface area contributed by atoms with Crippen molar-refractivity contribution in [2.24, 2.45) is 0 Å². The van der Waals surface area contributed by atoms with E-state index in [1.807, 2.05) is 25.1 Å². The molecule has 0 aliphatic carbocycles. The van der Waals surface area contributed by atoms with Crippen molar-refractivity contribution >= 4 is 5.69 Å². The van der Waals surface area contributed by atoms with Crippen LogP contribution in [0.2, 0.25) is 0 Å². The van der Waals surface area contributed by atoms with Crippen molar-refractivity contribution in [3.8, 4) is 11.5 Å². The van der Waals surface area contributed by atoms with Crippen molar-refractivity contribution in [1.82, 2.24) is 5.32 Å². The molecule has 0 fully saturated rings. The van der Waals surface area contributed by atoms with Gasteiger partial charge in [-0.3, -0.25) is 10.1 Å². The molecular formula is C19H22N2O4. The van der Waals surface area contributed by atoms with Gasteiger partial charge >= 0.3 is 5.69 Å². The van der Waals surface area contributed by atoms with Crippen LogP contribution in [-0.4, -0.2) is 32.2 Å². The number of hydrogen-bond acceptors (Lipinski definition) is 5. The number of nitrogens with one attached hydrogen (secondary N) is 1. The Morgan fingerprint density at radius 2 is 2.04 bits per heavy atom. The molecule has 6 nitrogen and oxygen atoms in total. The number of rotatable bonds is 4. The second-order valence-corrected chi connectivity index (χ2v) is 6.21. The van der Waals surface area contributed by atoms with Gasteiger partial charge in [-0.15, -0.1) is 0 Å². The van der Waals surface area contributed by atoms with Gasteiger partial charge in [-0.25, -0.2) is 0 Å². The summed E-state index contributed by atoms with van der Waals surface area (Å²) in [6.07, 6.45) is 0.578. The number of methoxy groups -OCH3 is 2. The fourth-order valence-corrected chi connectivity index (χ4v) is 3.55. The van der Waals surface area contributed by atoms with Crippen molar-refractivity contribution in [3.63, 3.8) is 0 Å². The molecular weight excluding hydrogens is 320 g/mol. The van der Waals surface area contributed by atoms with Crippen molar-refractivity contribution in [1.29, 1.82) is 0 Å². The number of benzene rings is 2. The summed E-state index contributed by atoms with van der Waals surface area (Å²) in [6, 6.07) is 10.2. The van der Waals surface area contributed by atoms with Crippen LogP contribution in [0.5, 0.6) is 11.5 Å². The van der Waals surface area contributed by atoms with Crippen molar-refractivity contribution in [2.45, 2.75) is 19.3 Å². The SMILES string of the molecule is COc1cc2c(c([N+](=O)[O-])c1OC)CCNC[C@H]2c1cccc(C)c1. The Hall–Kier alpha value is -2.60. The Balaban J connectivity index is 2.26. The molecule has 132 valence electrons. The van der Waals surface area contributed by atoms with Crippen LogP contribution >= 0.6 is 0 Å². The molecule has 1 N–H and O–H groups in total. The lowest BCUT2D eigenvalue weighted by molar-refractivity contribution is -0.386. The third-order valence-electron chi connectivity index (χ3n) is 4.69. The summed E-state index contributed by atoms with van der Waals surface area (Å²) in [5.74, 6) is 0.611. The minimum absolute atomic E-state index is 0.0122. The number of aryl methyl sites for hydroxylation is 1. The third kappa shape index (κ3) is 3.17. The van der Waals surface area contributed by atoms with E-state index in [1.54, 1.807) is 0 Å². The van der Waals surface area contributed by atoms with Gasteiger partial charge in [-0.05, 0) is 37.1 Å². The third-order valence-corrected chi connectivity index (χ3v) is 4.69. The van der Waals surface area contributed by atoms with Gasteiger partial charge in [0.1, 0.15) is 0 Å². The van der Waals surface area contributed by atoms with Crippen LogP contribution in [0.15, 0.2) is 30.3 Å². The van der Waals surface area contributed by atoms with Gasteiger partial charge in [0.2, 0.25) is 5.75 Å². The smallest absolute Gasteiger partial charge is 0.318 e. The molecule has 0 saturated heterocycles. The van der Waals surface area contributed by atoms with Crippen molar-refractivity contribution < 1.29 is 14.4 Å². The first kappa shape index (κ1) is 17.2. The van der Waals surface area contributed by atoms with Crippen molar-refractivity contribution in [2.75, 3.05) is 27.3 Å². The number of hydrogen-bond donors (Lipinski definition) is 1. The van der Waals surface area contributed by atoms with Gasteiger partial charge in [0.25, 0.3) is 0 Å². The maximum atomic E-state index is 11.8. The van der Waals surface area contributed by atoms with Crippen LogP contribution in [0.25, 0.3) is 0 Å². The lowest BCUT2D eigenvalue weighted by atomic mass is 9.86. The minimum atomic E-state index is -0.362. The van der Waals surface area contributed by atoms with Gasteiger partial charge in [0, 0.05) is 18.0 Å². The van der Waals surface area contributed by atoms with E-state index in [0.29, 0.717) is 18.7 Å². The molecule has 1 aliphatic heterocycles. The fraction of sp³-hybridized carbons (Fsp3) is 0.368. The molecule has 6 heteroatoms. The minimum Gasteiger partial charge on any atom is -0.493 e. The highest BCUT2D eigenvalue weighted by atomic mass is 16.6. The number of nitro groups is 1. The van der Waals surface area contributed by atoms with E-state index < -0.39 is 0 Å². The summed E-state index contributed by atoms with van der Waals surface area (Å²) in [4.78, 5) is 11.4.